The van der Waals surface area contributed by atoms with Gasteiger partial charge in [0.1, 0.15) is 12.1 Å². The number of carboxylic acid groups (broad SMARTS) is 3. The van der Waals surface area contributed by atoms with E-state index >= 15 is 0 Å². The maximum absolute atomic E-state index is 11.9. The van der Waals surface area contributed by atoms with Gasteiger partial charge >= 0.3 is 23.9 Å². The summed E-state index contributed by atoms with van der Waals surface area (Å²) in [6.45, 7) is 4.32. The number of rotatable bonds is 13. The third kappa shape index (κ3) is 12.2. The van der Waals surface area contributed by atoms with Crippen molar-refractivity contribution in [2.45, 2.75) is 58.0 Å². The molecule has 0 bridgehead atoms. The average molecular weight is 453 g/mol. The summed E-state index contributed by atoms with van der Waals surface area (Å²) in [5.74, 6) is -4.18. The smallest absolute Gasteiger partial charge is 0.326 e. The molecule has 0 aliphatic carbocycles. The Labute approximate surface area is 186 Å². The van der Waals surface area contributed by atoms with Crippen molar-refractivity contribution in [1.29, 1.82) is 0 Å². The van der Waals surface area contributed by atoms with Crippen LogP contribution in [0.5, 0.6) is 0 Å². The third-order valence-electron chi connectivity index (χ3n) is 4.09. The summed E-state index contributed by atoms with van der Waals surface area (Å²) < 4.78 is 0. The van der Waals surface area contributed by atoms with E-state index in [4.69, 9.17) is 10.2 Å². The minimum Gasteiger partial charge on any atom is -0.481 e. The van der Waals surface area contributed by atoms with Crippen LogP contribution in [0, 0.1) is 0 Å². The zero-order valence-electron chi connectivity index (χ0n) is 18.2. The number of urea groups is 1. The zero-order chi connectivity index (χ0) is 24.5. The molecule has 0 saturated heterocycles. The topological polar surface area (TPSA) is 182 Å². The van der Waals surface area contributed by atoms with Crippen molar-refractivity contribution in [2.75, 3.05) is 6.54 Å². The molecule has 3 amide bonds. The van der Waals surface area contributed by atoms with Crippen molar-refractivity contribution in [3.8, 4) is 0 Å². The molecular weight excluding hydrogens is 422 g/mol. The Balaban J connectivity index is 0.00000466. The highest BCUT2D eigenvalue weighted by Gasteiger charge is 2.24. The molecule has 1 unspecified atom stereocenters. The molecule has 0 radical (unpaired) electrons. The highest BCUT2D eigenvalue weighted by Crippen LogP contribution is 2.04. The fraction of sp³-hybridized carbons (Fsp3) is 0.476. The fourth-order valence-electron chi connectivity index (χ4n) is 2.51. The van der Waals surface area contributed by atoms with Crippen molar-refractivity contribution in [3.05, 3.63) is 35.9 Å². The van der Waals surface area contributed by atoms with Gasteiger partial charge in [-0.3, -0.25) is 9.59 Å². The minimum absolute atomic E-state index is 0.0663. The van der Waals surface area contributed by atoms with Crippen molar-refractivity contribution in [3.63, 3.8) is 0 Å². The lowest BCUT2D eigenvalue weighted by Crippen LogP contribution is -2.51. The van der Waals surface area contributed by atoms with Crippen molar-refractivity contribution in [1.82, 2.24) is 16.0 Å². The van der Waals surface area contributed by atoms with Gasteiger partial charge in [0.05, 0.1) is 0 Å². The monoisotopic (exact) mass is 453 g/mol. The van der Waals surface area contributed by atoms with Gasteiger partial charge in [0.15, 0.2) is 0 Å². The van der Waals surface area contributed by atoms with Gasteiger partial charge in [0.2, 0.25) is 0 Å². The predicted octanol–water partition coefficient (Wildman–Crippen LogP) is 1.68. The molecular formula is C21H31N3O8. The van der Waals surface area contributed by atoms with Crippen LogP contribution >= 0.6 is 0 Å². The first kappa shape index (κ1) is 28.4. The van der Waals surface area contributed by atoms with Gasteiger partial charge in [-0.2, -0.15) is 0 Å². The lowest BCUT2D eigenvalue weighted by Gasteiger charge is -2.18. The number of hydrogen-bond acceptors (Lipinski definition) is 5. The summed E-state index contributed by atoms with van der Waals surface area (Å²) in [7, 11) is 0. The number of nitrogens with one attached hydrogen (secondary N) is 3. The molecule has 0 aromatic heterocycles. The molecule has 0 aliphatic rings. The van der Waals surface area contributed by atoms with Crippen LogP contribution in [-0.4, -0.2) is 63.8 Å². The second-order valence-corrected chi connectivity index (χ2v) is 6.45. The molecule has 1 rings (SSSR count). The van der Waals surface area contributed by atoms with Crippen molar-refractivity contribution < 1.29 is 39.3 Å². The number of carboxylic acids is 3. The van der Waals surface area contributed by atoms with Gasteiger partial charge in [-0.1, -0.05) is 32.0 Å². The van der Waals surface area contributed by atoms with Crippen molar-refractivity contribution in [2.24, 2.45) is 0 Å². The summed E-state index contributed by atoms with van der Waals surface area (Å²) in [4.78, 5) is 56.7. The van der Waals surface area contributed by atoms with E-state index < -0.39 is 42.4 Å². The van der Waals surface area contributed by atoms with E-state index in [9.17, 15) is 29.1 Å². The standard InChI is InChI=1S/C19H25N3O8.C2H6/c23-15(24)10-9-14(18(28)29)22-19(30)21-13(17(26)27)8-4-5-11-20-16(25)12-6-2-1-3-7-12;1-2/h1-3,6-7,13-14H,4-5,8-11H2,(H,20,25)(H,23,24)(H,26,27)(H,28,29)(H2,21,22,30);1-2H3/t13?,14-;/m0./s1. The molecule has 6 N–H and O–H groups in total. The van der Waals surface area contributed by atoms with Gasteiger partial charge in [-0.15, -0.1) is 0 Å². The van der Waals surface area contributed by atoms with E-state index in [2.05, 4.69) is 16.0 Å². The molecule has 0 aliphatic heterocycles. The lowest BCUT2D eigenvalue weighted by atomic mass is 10.1. The molecule has 2 atom stereocenters. The largest absolute Gasteiger partial charge is 0.481 e. The Morgan fingerprint density at radius 2 is 1.34 bits per heavy atom. The highest BCUT2D eigenvalue weighted by atomic mass is 16.4. The Morgan fingerprint density at radius 3 is 1.84 bits per heavy atom. The molecule has 0 saturated carbocycles. The number of carbonyl (C=O) groups excluding carboxylic acids is 2. The van der Waals surface area contributed by atoms with Crippen LogP contribution < -0.4 is 16.0 Å². The highest BCUT2D eigenvalue weighted by molar-refractivity contribution is 5.94. The molecule has 11 heteroatoms. The van der Waals surface area contributed by atoms with Gasteiger partial charge in [0, 0.05) is 18.5 Å². The number of aliphatic carboxylic acids is 3. The van der Waals surface area contributed by atoms with Gasteiger partial charge < -0.3 is 31.3 Å². The average Bonchev–Trinajstić information content (AvgIpc) is 2.76. The van der Waals surface area contributed by atoms with Crippen LogP contribution in [0.15, 0.2) is 30.3 Å². The normalized spacial score (nSPS) is 11.7. The predicted molar refractivity (Wildman–Crippen MR) is 115 cm³/mol. The van der Waals surface area contributed by atoms with E-state index in [-0.39, 0.29) is 18.7 Å². The molecule has 32 heavy (non-hydrogen) atoms. The summed E-state index contributed by atoms with van der Waals surface area (Å²) >= 11 is 0. The maximum atomic E-state index is 11.9. The zero-order valence-corrected chi connectivity index (χ0v) is 18.2. The summed E-state index contributed by atoms with van der Waals surface area (Å²) in [6.07, 6.45) is 0.123. The molecule has 178 valence electrons. The quantitative estimate of drug-likeness (QED) is 0.244. The Hall–Kier alpha value is -3.63. The third-order valence-corrected chi connectivity index (χ3v) is 4.09. The minimum atomic E-state index is -1.45. The maximum Gasteiger partial charge on any atom is 0.326 e. The lowest BCUT2D eigenvalue weighted by molar-refractivity contribution is -0.140. The Morgan fingerprint density at radius 1 is 0.812 bits per heavy atom. The van der Waals surface area contributed by atoms with Crippen molar-refractivity contribution >= 4 is 29.8 Å². The second-order valence-electron chi connectivity index (χ2n) is 6.45. The van der Waals surface area contributed by atoms with E-state index in [1.807, 2.05) is 13.8 Å². The number of unbranched alkanes of at least 4 members (excludes halogenated alkanes) is 1. The van der Waals surface area contributed by atoms with Gasteiger partial charge in [-0.05, 0) is 37.8 Å². The molecule has 11 nitrogen and oxygen atoms in total. The summed E-state index contributed by atoms with van der Waals surface area (Å²) in [5, 5.41) is 33.8. The molecule has 0 fully saturated rings. The first-order chi connectivity index (χ1) is 15.2. The molecule has 1 aromatic rings. The Kier molecular flexibility index (Phi) is 14.3. The van der Waals surface area contributed by atoms with Crippen LogP contribution in [0.1, 0.15) is 56.3 Å². The molecule has 1 aromatic carbocycles. The van der Waals surface area contributed by atoms with Crippen LogP contribution in [0.25, 0.3) is 0 Å². The van der Waals surface area contributed by atoms with E-state index in [0.717, 1.165) is 0 Å². The molecule has 0 heterocycles. The van der Waals surface area contributed by atoms with E-state index in [1.54, 1.807) is 30.3 Å². The van der Waals surface area contributed by atoms with E-state index in [1.165, 1.54) is 0 Å². The summed E-state index contributed by atoms with van der Waals surface area (Å²) in [5.41, 5.74) is 0.509. The van der Waals surface area contributed by atoms with Gasteiger partial charge in [0.25, 0.3) is 5.91 Å². The number of carbonyl (C=O) groups is 5. The first-order valence-corrected chi connectivity index (χ1v) is 10.3. The summed E-state index contributed by atoms with van der Waals surface area (Å²) in [6, 6.07) is 4.86. The Bertz CT molecular complexity index is 755. The number of benzene rings is 1. The van der Waals surface area contributed by atoms with Gasteiger partial charge in [-0.25, -0.2) is 14.4 Å². The van der Waals surface area contributed by atoms with Crippen LogP contribution in [0.2, 0.25) is 0 Å². The molecule has 0 spiro atoms. The van der Waals surface area contributed by atoms with E-state index in [0.29, 0.717) is 24.9 Å². The fourth-order valence-corrected chi connectivity index (χ4v) is 2.51. The second kappa shape index (κ2) is 16.1. The van der Waals surface area contributed by atoms with Crippen LogP contribution in [0.3, 0.4) is 0 Å². The van der Waals surface area contributed by atoms with Crippen LogP contribution in [0.4, 0.5) is 4.79 Å². The van der Waals surface area contributed by atoms with Crippen LogP contribution in [-0.2, 0) is 14.4 Å². The number of amides is 3. The first-order valence-electron chi connectivity index (χ1n) is 10.3. The SMILES string of the molecule is CC.O=C(O)CC[C@H](NC(=O)NC(CCCCNC(=O)c1ccccc1)C(=O)O)C(=O)O. The number of hydrogen-bond donors (Lipinski definition) is 6.